The van der Waals surface area contributed by atoms with Crippen molar-refractivity contribution in [2.24, 2.45) is 0 Å². The highest BCUT2D eigenvalue weighted by atomic mass is 32.1. The van der Waals surface area contributed by atoms with Crippen LogP contribution in [0.5, 0.6) is 0 Å². The van der Waals surface area contributed by atoms with Crippen LogP contribution in [0.3, 0.4) is 0 Å². The highest BCUT2D eigenvalue weighted by molar-refractivity contribution is 7.17. The number of fused-ring (bicyclic) bond motifs is 1. The van der Waals surface area contributed by atoms with Crippen LogP contribution in [0.1, 0.15) is 18.6 Å². The lowest BCUT2D eigenvalue weighted by atomic mass is 10.1. The summed E-state index contributed by atoms with van der Waals surface area (Å²) in [7, 11) is 0. The molecule has 0 aliphatic heterocycles. The number of ether oxygens (including phenoxy) is 1. The van der Waals surface area contributed by atoms with Crippen LogP contribution in [0, 0.1) is 11.3 Å². The third-order valence-electron chi connectivity index (χ3n) is 2.19. The Morgan fingerprint density at radius 1 is 1.50 bits per heavy atom. The molecule has 1 heterocycles. The molecule has 0 aliphatic rings. The third kappa shape index (κ3) is 1.90. The predicted octanol–water partition coefficient (Wildman–Crippen LogP) is 3.03. The zero-order valence-electron chi connectivity index (χ0n) is 8.64. The third-order valence-corrected chi connectivity index (χ3v) is 3.18. The molecule has 0 bridgehead atoms. The molecule has 0 saturated heterocycles. The predicted molar refractivity (Wildman–Crippen MR) is 61.9 cm³/mol. The summed E-state index contributed by atoms with van der Waals surface area (Å²) in [5, 5.41) is 11.8. The lowest BCUT2D eigenvalue weighted by Crippen LogP contribution is -2.05. The van der Waals surface area contributed by atoms with Crippen molar-refractivity contribution < 1.29 is 9.53 Å². The van der Waals surface area contributed by atoms with Crippen molar-refractivity contribution in [2.45, 2.75) is 13.0 Å². The molecule has 0 radical (unpaired) electrons. The van der Waals surface area contributed by atoms with Gasteiger partial charge in [0.05, 0.1) is 0 Å². The number of thiophene rings is 1. The first-order valence-electron chi connectivity index (χ1n) is 4.75. The Bertz CT molecular complexity index is 568. The highest BCUT2D eigenvalue weighted by Gasteiger charge is 2.17. The highest BCUT2D eigenvalue weighted by Crippen LogP contribution is 2.31. The van der Waals surface area contributed by atoms with Gasteiger partial charge in [-0.15, -0.1) is 11.3 Å². The Balaban J connectivity index is 2.46. The lowest BCUT2D eigenvalue weighted by molar-refractivity contribution is -0.144. The number of benzene rings is 1. The molecule has 2 rings (SSSR count). The van der Waals surface area contributed by atoms with E-state index in [-0.39, 0.29) is 0 Å². The molecule has 4 heteroatoms. The number of carbonyl (C=O) groups excluding carboxylic acids is 1. The smallest absolute Gasteiger partial charge is 0.304 e. The topological polar surface area (TPSA) is 50.1 Å². The van der Waals surface area contributed by atoms with E-state index in [9.17, 15) is 4.79 Å². The summed E-state index contributed by atoms with van der Waals surface area (Å²) in [6, 6.07) is 9.74. The molecular formula is C12H9NO2S. The fourth-order valence-electron chi connectivity index (χ4n) is 1.53. The Kier molecular flexibility index (Phi) is 2.88. The fraction of sp³-hybridized carbons (Fsp3) is 0.167. The summed E-state index contributed by atoms with van der Waals surface area (Å²) in [4.78, 5) is 10.9. The van der Waals surface area contributed by atoms with Gasteiger partial charge in [-0.05, 0) is 11.4 Å². The quantitative estimate of drug-likeness (QED) is 0.746. The lowest BCUT2D eigenvalue weighted by Gasteiger charge is -2.07. The number of carbonyl (C=O) groups is 1. The second-order valence-electron chi connectivity index (χ2n) is 3.31. The molecule has 0 amide bonds. The molecule has 0 spiro atoms. The van der Waals surface area contributed by atoms with E-state index in [0.717, 1.165) is 15.6 Å². The van der Waals surface area contributed by atoms with Crippen molar-refractivity contribution in [3.05, 3.63) is 35.2 Å². The Morgan fingerprint density at radius 2 is 2.25 bits per heavy atom. The van der Waals surface area contributed by atoms with E-state index in [2.05, 4.69) is 0 Å². The summed E-state index contributed by atoms with van der Waals surface area (Å²) in [5.41, 5.74) is 0.762. The first kappa shape index (κ1) is 10.7. The summed E-state index contributed by atoms with van der Waals surface area (Å²) in [6.07, 6.45) is -0.811. The molecular weight excluding hydrogens is 222 g/mol. The molecule has 2 aromatic rings. The minimum absolute atomic E-state index is 0.443. The van der Waals surface area contributed by atoms with Gasteiger partial charge in [-0.25, -0.2) is 0 Å². The zero-order valence-corrected chi connectivity index (χ0v) is 9.45. The van der Waals surface area contributed by atoms with Gasteiger partial charge in [0.2, 0.25) is 6.10 Å². The van der Waals surface area contributed by atoms with Crippen LogP contribution in [-0.4, -0.2) is 5.97 Å². The maximum Gasteiger partial charge on any atom is 0.304 e. The molecule has 80 valence electrons. The van der Waals surface area contributed by atoms with Crippen molar-refractivity contribution in [1.82, 2.24) is 0 Å². The molecule has 16 heavy (non-hydrogen) atoms. The summed E-state index contributed by atoms with van der Waals surface area (Å²) in [6.45, 7) is 1.30. The second kappa shape index (κ2) is 4.33. The van der Waals surface area contributed by atoms with Crippen molar-refractivity contribution in [2.75, 3.05) is 0 Å². The van der Waals surface area contributed by atoms with E-state index in [1.165, 1.54) is 6.92 Å². The van der Waals surface area contributed by atoms with Crippen molar-refractivity contribution in [1.29, 1.82) is 5.26 Å². The summed E-state index contributed by atoms with van der Waals surface area (Å²) >= 11 is 1.54. The van der Waals surface area contributed by atoms with E-state index in [1.54, 1.807) is 11.3 Å². The number of hydrogen-bond acceptors (Lipinski definition) is 4. The second-order valence-corrected chi connectivity index (χ2v) is 4.22. The Morgan fingerprint density at radius 3 is 2.94 bits per heavy atom. The van der Waals surface area contributed by atoms with Gasteiger partial charge in [0.1, 0.15) is 6.07 Å². The van der Waals surface area contributed by atoms with Gasteiger partial charge in [-0.2, -0.15) is 5.26 Å². The van der Waals surface area contributed by atoms with Gasteiger partial charge in [-0.3, -0.25) is 4.79 Å². The van der Waals surface area contributed by atoms with E-state index < -0.39 is 12.1 Å². The number of esters is 1. The molecule has 0 N–H and O–H groups in total. The zero-order chi connectivity index (χ0) is 11.5. The molecule has 0 aliphatic carbocycles. The monoisotopic (exact) mass is 231 g/mol. The van der Waals surface area contributed by atoms with Crippen LogP contribution in [0.25, 0.3) is 10.1 Å². The van der Waals surface area contributed by atoms with Gasteiger partial charge >= 0.3 is 5.97 Å². The van der Waals surface area contributed by atoms with E-state index >= 15 is 0 Å². The van der Waals surface area contributed by atoms with Gasteiger partial charge < -0.3 is 4.74 Å². The van der Waals surface area contributed by atoms with Gasteiger partial charge in [-0.1, -0.05) is 18.2 Å². The fourth-order valence-corrected chi connectivity index (χ4v) is 2.50. The SMILES string of the molecule is CC(=O)OC(C#N)c1csc2ccccc12. The first-order valence-corrected chi connectivity index (χ1v) is 5.63. The standard InChI is InChI=1S/C12H9NO2S/c1-8(14)15-11(6-13)10-7-16-12-5-3-2-4-9(10)12/h2-5,7,11H,1H3. The van der Waals surface area contributed by atoms with Gasteiger partial charge in [0.25, 0.3) is 0 Å². The minimum Gasteiger partial charge on any atom is -0.442 e. The van der Waals surface area contributed by atoms with E-state index in [4.69, 9.17) is 10.00 Å². The normalized spacial score (nSPS) is 12.0. The average Bonchev–Trinajstić information content (AvgIpc) is 2.69. The average molecular weight is 231 g/mol. The molecule has 1 aromatic heterocycles. The molecule has 0 fully saturated rings. The summed E-state index contributed by atoms with van der Waals surface area (Å²) < 4.78 is 6.05. The number of nitrogens with zero attached hydrogens (tertiary/aromatic N) is 1. The van der Waals surface area contributed by atoms with Crippen LogP contribution in [-0.2, 0) is 9.53 Å². The van der Waals surface area contributed by atoms with Crippen LogP contribution in [0.2, 0.25) is 0 Å². The number of nitriles is 1. The molecule has 1 atom stereocenters. The summed E-state index contributed by atoms with van der Waals surface area (Å²) in [5.74, 6) is -0.443. The van der Waals surface area contributed by atoms with Crippen molar-refractivity contribution >= 4 is 27.4 Å². The van der Waals surface area contributed by atoms with E-state index in [0.29, 0.717) is 0 Å². The first-order chi connectivity index (χ1) is 7.72. The Labute approximate surface area is 96.9 Å². The van der Waals surface area contributed by atoms with Crippen LogP contribution < -0.4 is 0 Å². The molecule has 1 aromatic carbocycles. The van der Waals surface area contributed by atoms with Crippen LogP contribution >= 0.6 is 11.3 Å². The van der Waals surface area contributed by atoms with Crippen LogP contribution in [0.4, 0.5) is 0 Å². The molecule has 3 nitrogen and oxygen atoms in total. The van der Waals surface area contributed by atoms with Crippen molar-refractivity contribution in [3.63, 3.8) is 0 Å². The minimum atomic E-state index is -0.811. The van der Waals surface area contributed by atoms with Gasteiger partial charge in [0, 0.05) is 22.6 Å². The molecule has 1 unspecified atom stereocenters. The Hall–Kier alpha value is -1.86. The van der Waals surface area contributed by atoms with Gasteiger partial charge in [0.15, 0.2) is 0 Å². The van der Waals surface area contributed by atoms with Crippen molar-refractivity contribution in [3.8, 4) is 6.07 Å². The maximum absolute atomic E-state index is 10.9. The largest absolute Gasteiger partial charge is 0.442 e. The maximum atomic E-state index is 10.9. The number of hydrogen-bond donors (Lipinski definition) is 0. The van der Waals surface area contributed by atoms with Crippen LogP contribution in [0.15, 0.2) is 29.6 Å². The van der Waals surface area contributed by atoms with E-state index in [1.807, 2.05) is 35.7 Å². The number of rotatable bonds is 2. The molecule has 0 saturated carbocycles.